The van der Waals surface area contributed by atoms with E-state index in [0.717, 1.165) is 32.0 Å². The summed E-state index contributed by atoms with van der Waals surface area (Å²) in [5.41, 5.74) is 6.02. The summed E-state index contributed by atoms with van der Waals surface area (Å²) in [5, 5.41) is 0. The lowest BCUT2D eigenvalue weighted by molar-refractivity contribution is -0.0251. The highest BCUT2D eigenvalue weighted by Crippen LogP contribution is 2.26. The molecular formula is C13H29N3. The smallest absolute Gasteiger partial charge is 0.0283 e. The van der Waals surface area contributed by atoms with Crippen LogP contribution in [0.4, 0.5) is 0 Å². The van der Waals surface area contributed by atoms with Crippen LogP contribution in [0.25, 0.3) is 0 Å². The van der Waals surface area contributed by atoms with Gasteiger partial charge < -0.3 is 10.6 Å². The molecule has 0 spiro atoms. The maximum atomic E-state index is 5.74. The maximum absolute atomic E-state index is 5.74. The van der Waals surface area contributed by atoms with E-state index in [-0.39, 0.29) is 5.54 Å². The Kier molecular flexibility index (Phi) is 4.77. The van der Waals surface area contributed by atoms with Crippen LogP contribution < -0.4 is 5.73 Å². The fourth-order valence-electron chi connectivity index (χ4n) is 3.00. The van der Waals surface area contributed by atoms with Gasteiger partial charge in [0.15, 0.2) is 0 Å². The van der Waals surface area contributed by atoms with Gasteiger partial charge in [-0.25, -0.2) is 0 Å². The molecular weight excluding hydrogens is 198 g/mol. The molecule has 0 radical (unpaired) electrons. The minimum atomic E-state index is 0.275. The number of piperazine rings is 1. The van der Waals surface area contributed by atoms with Crippen LogP contribution in [-0.4, -0.2) is 54.6 Å². The first-order valence-corrected chi connectivity index (χ1v) is 6.52. The lowest BCUT2D eigenvalue weighted by Crippen LogP contribution is -2.64. The van der Waals surface area contributed by atoms with Crippen molar-refractivity contribution in [3.63, 3.8) is 0 Å². The largest absolute Gasteiger partial charge is 0.330 e. The monoisotopic (exact) mass is 227 g/mol. The van der Waals surface area contributed by atoms with Gasteiger partial charge in [-0.15, -0.1) is 0 Å². The Bertz CT molecular complexity index is 213. The van der Waals surface area contributed by atoms with Crippen molar-refractivity contribution in [2.45, 2.75) is 45.7 Å². The third-order valence-corrected chi connectivity index (χ3v) is 3.46. The summed E-state index contributed by atoms with van der Waals surface area (Å²) in [6.07, 6.45) is 1.11. The van der Waals surface area contributed by atoms with E-state index in [0.29, 0.717) is 6.04 Å². The molecule has 3 nitrogen and oxygen atoms in total. The lowest BCUT2D eigenvalue weighted by Gasteiger charge is -2.52. The van der Waals surface area contributed by atoms with Crippen molar-refractivity contribution in [1.29, 1.82) is 0 Å². The second kappa shape index (κ2) is 5.48. The van der Waals surface area contributed by atoms with Gasteiger partial charge in [-0.1, -0.05) is 13.8 Å². The normalized spacial score (nSPS) is 27.6. The van der Waals surface area contributed by atoms with E-state index in [1.807, 2.05) is 0 Å². The number of hydrogen-bond donors (Lipinski definition) is 1. The van der Waals surface area contributed by atoms with Crippen LogP contribution >= 0.6 is 0 Å². The number of nitrogens with two attached hydrogens (primary N) is 1. The Labute approximate surface area is 101 Å². The minimum Gasteiger partial charge on any atom is -0.330 e. The van der Waals surface area contributed by atoms with Crippen LogP contribution in [0.1, 0.15) is 34.1 Å². The highest BCUT2D eigenvalue weighted by Gasteiger charge is 2.38. The molecule has 0 aromatic carbocycles. The Hall–Kier alpha value is -0.120. The van der Waals surface area contributed by atoms with E-state index < -0.39 is 0 Å². The molecule has 1 rings (SSSR count). The third kappa shape index (κ3) is 3.44. The molecule has 1 fully saturated rings. The first-order valence-electron chi connectivity index (χ1n) is 6.52. The molecule has 0 amide bonds. The van der Waals surface area contributed by atoms with Gasteiger partial charge in [-0.3, -0.25) is 4.90 Å². The van der Waals surface area contributed by atoms with Crippen molar-refractivity contribution in [2.24, 2.45) is 11.7 Å². The molecule has 16 heavy (non-hydrogen) atoms. The Morgan fingerprint density at radius 1 is 1.38 bits per heavy atom. The summed E-state index contributed by atoms with van der Waals surface area (Å²) < 4.78 is 0. The Morgan fingerprint density at radius 3 is 2.50 bits per heavy atom. The maximum Gasteiger partial charge on any atom is 0.0283 e. The zero-order chi connectivity index (χ0) is 12.3. The van der Waals surface area contributed by atoms with Crippen LogP contribution in [0.5, 0.6) is 0 Å². The van der Waals surface area contributed by atoms with E-state index in [1.165, 1.54) is 6.54 Å². The Balaban J connectivity index is 2.76. The summed E-state index contributed by atoms with van der Waals surface area (Å²) in [5.74, 6) is 0.725. The van der Waals surface area contributed by atoms with Crippen molar-refractivity contribution in [2.75, 3.05) is 33.2 Å². The average Bonchev–Trinajstić information content (AvgIpc) is 2.10. The summed E-state index contributed by atoms with van der Waals surface area (Å²) >= 11 is 0. The van der Waals surface area contributed by atoms with Crippen LogP contribution in [0.15, 0.2) is 0 Å². The first kappa shape index (κ1) is 13.9. The van der Waals surface area contributed by atoms with E-state index in [2.05, 4.69) is 44.5 Å². The number of likely N-dealkylation sites (N-methyl/N-ethyl adjacent to an activating group) is 1. The van der Waals surface area contributed by atoms with Crippen LogP contribution in [0.2, 0.25) is 0 Å². The van der Waals surface area contributed by atoms with Crippen LogP contribution in [-0.2, 0) is 0 Å². The summed E-state index contributed by atoms with van der Waals surface area (Å²) in [4.78, 5) is 5.11. The molecule has 0 saturated carbocycles. The van der Waals surface area contributed by atoms with E-state index in [1.54, 1.807) is 0 Å². The van der Waals surface area contributed by atoms with Crippen molar-refractivity contribution in [3.8, 4) is 0 Å². The average molecular weight is 227 g/mol. The number of hydrogen-bond acceptors (Lipinski definition) is 3. The summed E-state index contributed by atoms with van der Waals surface area (Å²) in [6, 6.07) is 0.626. The molecule has 0 aromatic heterocycles. The highest BCUT2D eigenvalue weighted by molar-refractivity contribution is 4.95. The molecule has 3 heteroatoms. The van der Waals surface area contributed by atoms with E-state index >= 15 is 0 Å². The van der Waals surface area contributed by atoms with Gasteiger partial charge >= 0.3 is 0 Å². The predicted molar refractivity (Wildman–Crippen MR) is 70.6 cm³/mol. The van der Waals surface area contributed by atoms with Gasteiger partial charge in [0.1, 0.15) is 0 Å². The number of nitrogens with zero attached hydrogens (tertiary/aromatic N) is 2. The molecule has 96 valence electrons. The topological polar surface area (TPSA) is 32.5 Å². The fraction of sp³-hybridized carbons (Fsp3) is 1.00. The standard InChI is InChI=1S/C13H29N3/c1-11(2)8-16-12(6-7-14)9-15(5)10-13(16,3)4/h11-12H,6-10,14H2,1-5H3. The molecule has 1 aliphatic heterocycles. The first-order chi connectivity index (χ1) is 7.36. The SMILES string of the molecule is CC(C)CN1C(CCN)CN(C)CC1(C)C. The Morgan fingerprint density at radius 2 is 2.00 bits per heavy atom. The predicted octanol–water partition coefficient (Wildman–Crippen LogP) is 1.39. The van der Waals surface area contributed by atoms with Gasteiger partial charge in [0.05, 0.1) is 0 Å². The zero-order valence-electron chi connectivity index (χ0n) is 11.7. The van der Waals surface area contributed by atoms with Gasteiger partial charge in [0.2, 0.25) is 0 Å². The van der Waals surface area contributed by atoms with Gasteiger partial charge in [0.25, 0.3) is 0 Å². The summed E-state index contributed by atoms with van der Waals surface area (Å²) in [7, 11) is 2.22. The zero-order valence-corrected chi connectivity index (χ0v) is 11.7. The second-order valence-corrected chi connectivity index (χ2v) is 6.29. The quantitative estimate of drug-likeness (QED) is 0.788. The molecule has 1 aliphatic rings. The highest BCUT2D eigenvalue weighted by atomic mass is 15.3. The number of rotatable bonds is 4. The molecule has 0 aliphatic carbocycles. The summed E-state index contributed by atoms with van der Waals surface area (Å²) in [6.45, 7) is 13.6. The molecule has 1 saturated heterocycles. The molecule has 1 unspecified atom stereocenters. The lowest BCUT2D eigenvalue weighted by atomic mass is 9.92. The van der Waals surface area contributed by atoms with Crippen molar-refractivity contribution < 1.29 is 0 Å². The fourth-order valence-corrected chi connectivity index (χ4v) is 3.00. The van der Waals surface area contributed by atoms with Crippen molar-refractivity contribution >= 4 is 0 Å². The van der Waals surface area contributed by atoms with Gasteiger partial charge in [0, 0.05) is 31.2 Å². The van der Waals surface area contributed by atoms with Crippen molar-refractivity contribution in [3.05, 3.63) is 0 Å². The third-order valence-electron chi connectivity index (χ3n) is 3.46. The van der Waals surface area contributed by atoms with Crippen molar-refractivity contribution in [1.82, 2.24) is 9.80 Å². The minimum absolute atomic E-state index is 0.275. The van der Waals surface area contributed by atoms with Gasteiger partial charge in [-0.2, -0.15) is 0 Å². The van der Waals surface area contributed by atoms with E-state index in [4.69, 9.17) is 5.73 Å². The van der Waals surface area contributed by atoms with Crippen LogP contribution in [0.3, 0.4) is 0 Å². The van der Waals surface area contributed by atoms with E-state index in [9.17, 15) is 0 Å². The second-order valence-electron chi connectivity index (χ2n) is 6.29. The van der Waals surface area contributed by atoms with Gasteiger partial charge in [-0.05, 0) is 39.8 Å². The molecule has 1 heterocycles. The molecule has 0 bridgehead atoms. The molecule has 2 N–H and O–H groups in total. The molecule has 1 atom stereocenters. The molecule has 0 aromatic rings. The van der Waals surface area contributed by atoms with Crippen LogP contribution in [0, 0.1) is 5.92 Å².